The number of pyridine rings is 2. The van der Waals surface area contributed by atoms with Crippen molar-refractivity contribution in [2.24, 2.45) is 0 Å². The molecule has 0 spiro atoms. The van der Waals surface area contributed by atoms with Crippen LogP contribution in [0, 0.1) is 0 Å². The predicted molar refractivity (Wildman–Crippen MR) is 151 cm³/mol. The smallest absolute Gasteiger partial charge is 0.253 e. The number of likely N-dealkylation sites (N-methyl/N-ethyl adjacent to an activating group) is 1. The normalized spacial score (nSPS) is 21.8. The molecule has 2 aromatic rings. The van der Waals surface area contributed by atoms with Crippen LogP contribution >= 0.6 is 0 Å². The molecule has 39 heavy (non-hydrogen) atoms. The molecule has 10 heteroatoms. The summed E-state index contributed by atoms with van der Waals surface area (Å²) >= 11 is 0. The van der Waals surface area contributed by atoms with Gasteiger partial charge < -0.3 is 25.8 Å². The second-order valence-electron chi connectivity index (χ2n) is 10.7. The lowest BCUT2D eigenvalue weighted by Gasteiger charge is -2.44. The van der Waals surface area contributed by atoms with Gasteiger partial charge in [-0.2, -0.15) is 0 Å². The number of nitrogens with one attached hydrogen (secondary N) is 3. The molecule has 4 heterocycles. The minimum absolute atomic E-state index is 0.115. The number of carbonyl (C=O) groups is 3. The summed E-state index contributed by atoms with van der Waals surface area (Å²) in [7, 11) is 1.82. The van der Waals surface area contributed by atoms with Crippen LogP contribution in [0.25, 0.3) is 0 Å². The quantitative estimate of drug-likeness (QED) is 0.497. The Morgan fingerprint density at radius 2 is 1.79 bits per heavy atom. The molecule has 0 aromatic carbocycles. The maximum absolute atomic E-state index is 13.2. The lowest BCUT2D eigenvalue weighted by Crippen LogP contribution is -2.55. The first kappa shape index (κ1) is 26.9. The van der Waals surface area contributed by atoms with Gasteiger partial charge in [0.2, 0.25) is 11.8 Å². The van der Waals surface area contributed by atoms with E-state index in [1.165, 1.54) is 19.0 Å². The van der Waals surface area contributed by atoms with Crippen LogP contribution in [0.5, 0.6) is 0 Å². The largest absolute Gasteiger partial charge is 0.355 e. The third kappa shape index (κ3) is 5.42. The van der Waals surface area contributed by atoms with Crippen LogP contribution in [0.1, 0.15) is 81.1 Å². The number of rotatable bonds is 7. The van der Waals surface area contributed by atoms with Gasteiger partial charge in [0, 0.05) is 31.9 Å². The highest BCUT2D eigenvalue weighted by atomic mass is 16.2. The molecule has 10 nitrogen and oxygen atoms in total. The van der Waals surface area contributed by atoms with Crippen molar-refractivity contribution in [3.8, 4) is 0 Å². The number of hydrogen-bond donors (Lipinski definition) is 3. The van der Waals surface area contributed by atoms with E-state index in [0.29, 0.717) is 42.6 Å². The third-order valence-electron chi connectivity index (χ3n) is 8.25. The van der Waals surface area contributed by atoms with Gasteiger partial charge in [0.15, 0.2) is 0 Å². The van der Waals surface area contributed by atoms with Crippen molar-refractivity contribution in [2.45, 2.75) is 89.8 Å². The number of hydrogen-bond acceptors (Lipinski definition) is 7. The van der Waals surface area contributed by atoms with Gasteiger partial charge in [-0.05, 0) is 56.6 Å². The van der Waals surface area contributed by atoms with E-state index in [9.17, 15) is 14.4 Å². The Kier molecular flexibility index (Phi) is 7.99. The van der Waals surface area contributed by atoms with E-state index in [1.54, 1.807) is 11.1 Å². The zero-order valence-corrected chi connectivity index (χ0v) is 23.1. The maximum Gasteiger partial charge on any atom is 0.253 e. The fraction of sp³-hybridized carbons (Fsp3) is 0.552. The Hall–Kier alpha value is -3.69. The van der Waals surface area contributed by atoms with E-state index in [-0.39, 0.29) is 23.8 Å². The highest BCUT2D eigenvalue weighted by Gasteiger charge is 2.40. The molecule has 0 radical (unpaired) electrons. The van der Waals surface area contributed by atoms with Crippen molar-refractivity contribution in [1.29, 1.82) is 0 Å². The summed E-state index contributed by atoms with van der Waals surface area (Å²) in [6, 6.07) is 3.48. The van der Waals surface area contributed by atoms with Gasteiger partial charge in [-0.3, -0.25) is 14.4 Å². The Balaban J connectivity index is 1.39. The molecule has 3 aliphatic rings. The van der Waals surface area contributed by atoms with Crippen LogP contribution in [0.4, 0.5) is 23.0 Å². The molecular formula is C29H39N7O3. The van der Waals surface area contributed by atoms with E-state index in [1.807, 2.05) is 26.1 Å². The average molecular weight is 534 g/mol. The minimum Gasteiger partial charge on any atom is -0.355 e. The summed E-state index contributed by atoms with van der Waals surface area (Å²) in [6.07, 6.45) is 11.7. The van der Waals surface area contributed by atoms with E-state index in [0.717, 1.165) is 49.0 Å². The summed E-state index contributed by atoms with van der Waals surface area (Å²) in [6.45, 7) is 4.73. The van der Waals surface area contributed by atoms with Gasteiger partial charge in [0.05, 0.1) is 23.1 Å². The van der Waals surface area contributed by atoms with Crippen LogP contribution in [-0.4, -0.2) is 59.4 Å². The fourth-order valence-electron chi connectivity index (χ4n) is 6.06. The molecule has 2 fully saturated rings. The van der Waals surface area contributed by atoms with Crippen LogP contribution < -0.4 is 25.8 Å². The lowest BCUT2D eigenvalue weighted by atomic mass is 10.0. The van der Waals surface area contributed by atoms with Gasteiger partial charge >= 0.3 is 0 Å². The maximum atomic E-state index is 13.2. The lowest BCUT2D eigenvalue weighted by molar-refractivity contribution is -0.122. The zero-order valence-electron chi connectivity index (χ0n) is 23.1. The topological polar surface area (TPSA) is 120 Å². The van der Waals surface area contributed by atoms with Crippen LogP contribution in [0.15, 0.2) is 24.5 Å². The van der Waals surface area contributed by atoms with Gasteiger partial charge in [-0.15, -0.1) is 0 Å². The summed E-state index contributed by atoms with van der Waals surface area (Å²) in [4.78, 5) is 51.6. The average Bonchev–Trinajstić information content (AvgIpc) is 3.40. The molecule has 1 aliphatic carbocycles. The minimum atomic E-state index is -0.526. The summed E-state index contributed by atoms with van der Waals surface area (Å²) in [5.41, 5.74) is 3.13. The first-order valence-corrected chi connectivity index (χ1v) is 14.3. The number of aryl methyl sites for hydroxylation is 1. The molecule has 1 saturated heterocycles. The van der Waals surface area contributed by atoms with Crippen LogP contribution in [-0.2, 0) is 16.0 Å². The number of carbonyl (C=O) groups excluding carboxylic acids is 3. The van der Waals surface area contributed by atoms with Crippen molar-refractivity contribution < 1.29 is 14.4 Å². The van der Waals surface area contributed by atoms with Gasteiger partial charge in [-0.25, -0.2) is 9.97 Å². The third-order valence-corrected chi connectivity index (χ3v) is 8.25. The second-order valence-corrected chi connectivity index (χ2v) is 10.7. The highest BCUT2D eigenvalue weighted by molar-refractivity contribution is 6.05. The van der Waals surface area contributed by atoms with E-state index in [2.05, 4.69) is 37.7 Å². The van der Waals surface area contributed by atoms with Gasteiger partial charge in [0.1, 0.15) is 23.7 Å². The van der Waals surface area contributed by atoms with E-state index >= 15 is 0 Å². The van der Waals surface area contributed by atoms with Gasteiger partial charge in [-0.1, -0.05) is 26.7 Å². The van der Waals surface area contributed by atoms with E-state index < -0.39 is 6.04 Å². The van der Waals surface area contributed by atoms with Crippen LogP contribution in [0.3, 0.4) is 0 Å². The monoisotopic (exact) mass is 533 g/mol. The number of aromatic nitrogens is 2. The first-order valence-electron chi connectivity index (χ1n) is 14.3. The van der Waals surface area contributed by atoms with Crippen LogP contribution in [0.2, 0.25) is 0 Å². The molecule has 3 amide bonds. The molecule has 5 rings (SSSR count). The molecule has 2 atom stereocenters. The number of amides is 3. The number of anilines is 4. The number of nitrogens with zero attached hydrogens (tertiary/aromatic N) is 4. The molecule has 0 bridgehead atoms. The summed E-state index contributed by atoms with van der Waals surface area (Å²) in [5, 5.41) is 9.08. The second kappa shape index (κ2) is 11.6. The highest BCUT2D eigenvalue weighted by Crippen LogP contribution is 2.42. The molecular weight excluding hydrogens is 494 g/mol. The standard InChI is InChI=1S/C29H39N7O3/c1-4-18-14-19(27(37)33-21-12-8-9-13-30-28(21)38)16-32-26(18)34-25-15-23-24(17-31-25)35(3)29(39)22(5-2)36(23)20-10-6-7-11-20/h14-17,20-22H,4-13H2,1-3H3,(H,30,38)(H,33,37)(H,31,32,34). The molecule has 2 unspecified atom stereocenters. The molecule has 1 saturated carbocycles. The van der Waals surface area contributed by atoms with E-state index in [4.69, 9.17) is 0 Å². The Labute approximate surface area is 229 Å². The Bertz CT molecular complexity index is 1240. The van der Waals surface area contributed by atoms with Crippen molar-refractivity contribution in [2.75, 3.05) is 28.7 Å². The Morgan fingerprint density at radius 3 is 2.54 bits per heavy atom. The summed E-state index contributed by atoms with van der Waals surface area (Å²) in [5.74, 6) is 0.954. The predicted octanol–water partition coefficient (Wildman–Crippen LogP) is 3.69. The van der Waals surface area contributed by atoms with Crippen molar-refractivity contribution >= 4 is 40.7 Å². The number of fused-ring (bicyclic) bond motifs is 1. The fourth-order valence-corrected chi connectivity index (χ4v) is 6.06. The molecule has 2 aliphatic heterocycles. The first-order chi connectivity index (χ1) is 18.9. The SMILES string of the molecule is CCc1cc(C(=O)NC2CCCCNC2=O)cnc1Nc1cc2c(cn1)N(C)C(=O)C(CC)N2C1CCCC1. The Morgan fingerprint density at radius 1 is 1.03 bits per heavy atom. The molecule has 2 aromatic heterocycles. The van der Waals surface area contributed by atoms with Crippen molar-refractivity contribution in [1.82, 2.24) is 20.6 Å². The zero-order chi connectivity index (χ0) is 27.5. The van der Waals surface area contributed by atoms with Gasteiger partial charge in [0.25, 0.3) is 5.91 Å². The van der Waals surface area contributed by atoms with Crippen molar-refractivity contribution in [3.05, 3.63) is 35.7 Å². The van der Waals surface area contributed by atoms with Crippen molar-refractivity contribution in [3.63, 3.8) is 0 Å². The molecule has 3 N–H and O–H groups in total. The summed E-state index contributed by atoms with van der Waals surface area (Å²) < 4.78 is 0. The molecule has 208 valence electrons.